The van der Waals surface area contributed by atoms with Crippen molar-refractivity contribution in [2.45, 2.75) is 13.1 Å². The van der Waals surface area contributed by atoms with Crippen LogP contribution in [-0.2, 0) is 0 Å². The molecule has 3 nitrogen and oxygen atoms in total. The van der Waals surface area contributed by atoms with Gasteiger partial charge in [-0.25, -0.2) is 0 Å². The molecule has 1 saturated heterocycles. The van der Waals surface area contributed by atoms with Gasteiger partial charge in [0.1, 0.15) is 5.92 Å². The van der Waals surface area contributed by atoms with Crippen molar-refractivity contribution >= 4 is 17.2 Å². The van der Waals surface area contributed by atoms with Crippen molar-refractivity contribution < 1.29 is 13.2 Å². The predicted octanol–water partition coefficient (Wildman–Crippen LogP) is 1.09. The molecule has 1 rings (SSSR count). The van der Waals surface area contributed by atoms with Gasteiger partial charge in [-0.15, -0.1) is 0 Å². The van der Waals surface area contributed by atoms with Crippen LogP contribution in [0.5, 0.6) is 0 Å². The van der Waals surface area contributed by atoms with Gasteiger partial charge in [0, 0.05) is 32.7 Å². The van der Waals surface area contributed by atoms with Crippen molar-refractivity contribution in [3.05, 3.63) is 0 Å². The van der Waals surface area contributed by atoms with E-state index in [0.29, 0.717) is 13.1 Å². The van der Waals surface area contributed by atoms with Crippen LogP contribution in [0.1, 0.15) is 6.92 Å². The summed E-state index contributed by atoms with van der Waals surface area (Å²) < 4.78 is 38.0. The second-order valence-electron chi connectivity index (χ2n) is 4.23. The molecule has 1 heterocycles. The fourth-order valence-corrected chi connectivity index (χ4v) is 2.11. The van der Waals surface area contributed by atoms with Crippen LogP contribution in [0, 0.1) is 5.92 Å². The van der Waals surface area contributed by atoms with E-state index in [4.69, 9.17) is 5.73 Å². The summed E-state index contributed by atoms with van der Waals surface area (Å²) in [5, 5.41) is 0. The van der Waals surface area contributed by atoms with Gasteiger partial charge in [-0.2, -0.15) is 13.2 Å². The first-order chi connectivity index (χ1) is 7.84. The Morgan fingerprint density at radius 2 is 1.71 bits per heavy atom. The zero-order valence-electron chi connectivity index (χ0n) is 9.83. The van der Waals surface area contributed by atoms with Crippen LogP contribution in [0.25, 0.3) is 0 Å². The second kappa shape index (κ2) is 5.97. The van der Waals surface area contributed by atoms with Crippen molar-refractivity contribution in [3.8, 4) is 0 Å². The van der Waals surface area contributed by atoms with Crippen molar-refractivity contribution in [1.29, 1.82) is 0 Å². The molecular weight excluding hydrogens is 251 g/mol. The van der Waals surface area contributed by atoms with E-state index in [1.165, 1.54) is 0 Å². The molecule has 0 saturated carbocycles. The average molecular weight is 269 g/mol. The highest BCUT2D eigenvalue weighted by molar-refractivity contribution is 7.80. The Labute approximate surface area is 105 Å². The fourth-order valence-electron chi connectivity index (χ4n) is 1.90. The largest absolute Gasteiger partial charge is 0.399 e. The third kappa shape index (κ3) is 4.40. The predicted molar refractivity (Wildman–Crippen MR) is 64.9 cm³/mol. The van der Waals surface area contributed by atoms with Crippen LogP contribution in [-0.4, -0.2) is 60.2 Å². The molecule has 17 heavy (non-hydrogen) atoms. The molecule has 0 aromatic rings. The van der Waals surface area contributed by atoms with Gasteiger partial charge in [0.05, 0.1) is 4.99 Å². The molecule has 0 radical (unpaired) electrons. The lowest BCUT2D eigenvalue weighted by molar-refractivity contribution is -0.160. The number of hydrogen-bond donors (Lipinski definition) is 1. The minimum absolute atomic E-state index is 0.115. The maximum atomic E-state index is 12.7. The molecule has 0 spiro atoms. The number of piperazine rings is 1. The van der Waals surface area contributed by atoms with Gasteiger partial charge in [-0.05, 0) is 6.54 Å². The quantitative estimate of drug-likeness (QED) is 0.774. The highest BCUT2D eigenvalue weighted by Gasteiger charge is 2.42. The Hall–Kier alpha value is -0.400. The van der Waals surface area contributed by atoms with Crippen LogP contribution < -0.4 is 5.73 Å². The van der Waals surface area contributed by atoms with E-state index >= 15 is 0 Å². The molecule has 0 aromatic carbocycles. The Balaban J connectivity index is 2.50. The Morgan fingerprint density at radius 1 is 1.24 bits per heavy atom. The topological polar surface area (TPSA) is 32.5 Å². The van der Waals surface area contributed by atoms with Crippen molar-refractivity contribution in [2.75, 3.05) is 39.3 Å². The summed E-state index contributed by atoms with van der Waals surface area (Å²) in [6.07, 6.45) is -4.34. The number of likely N-dealkylation sites (N-methyl/N-ethyl adjacent to an activating group) is 1. The van der Waals surface area contributed by atoms with Gasteiger partial charge in [-0.1, -0.05) is 19.1 Å². The molecule has 0 aliphatic carbocycles. The molecule has 0 aromatic heterocycles. The Bertz CT molecular complexity index is 262. The summed E-state index contributed by atoms with van der Waals surface area (Å²) in [5.74, 6) is -1.69. The molecule has 0 bridgehead atoms. The molecule has 7 heteroatoms. The lowest BCUT2D eigenvalue weighted by Crippen LogP contribution is -2.51. The summed E-state index contributed by atoms with van der Waals surface area (Å²) >= 11 is 4.50. The zero-order valence-corrected chi connectivity index (χ0v) is 10.7. The number of alkyl halides is 3. The Kier molecular flexibility index (Phi) is 5.15. The standard InChI is InChI=1S/C10H18F3N3S/c1-2-15-3-5-16(6-4-15)7-8(9(14)17)10(11,12)13/h8H,2-7H2,1H3,(H2,14,17). The third-order valence-electron chi connectivity index (χ3n) is 3.09. The van der Waals surface area contributed by atoms with E-state index in [-0.39, 0.29) is 6.54 Å². The molecule has 100 valence electrons. The summed E-state index contributed by atoms with van der Waals surface area (Å²) in [4.78, 5) is 3.53. The zero-order chi connectivity index (χ0) is 13.1. The number of thiocarbonyl (C=S) groups is 1. The molecule has 1 aliphatic heterocycles. The molecule has 1 atom stereocenters. The summed E-state index contributed by atoms with van der Waals surface area (Å²) in [6, 6.07) is 0. The first-order valence-electron chi connectivity index (χ1n) is 5.65. The van der Waals surface area contributed by atoms with Crippen molar-refractivity contribution in [3.63, 3.8) is 0 Å². The van der Waals surface area contributed by atoms with Crippen molar-refractivity contribution in [2.24, 2.45) is 11.7 Å². The maximum absolute atomic E-state index is 12.7. The SMILES string of the molecule is CCN1CCN(CC(C(N)=S)C(F)(F)F)CC1. The normalized spacial score (nSPS) is 21.4. The summed E-state index contributed by atoms with van der Waals surface area (Å²) in [7, 11) is 0. The number of rotatable bonds is 4. The van der Waals surface area contributed by atoms with E-state index in [0.717, 1.165) is 19.6 Å². The second-order valence-corrected chi connectivity index (χ2v) is 4.70. The van der Waals surface area contributed by atoms with Gasteiger partial charge >= 0.3 is 6.18 Å². The highest BCUT2D eigenvalue weighted by atomic mass is 32.1. The van der Waals surface area contributed by atoms with Crippen LogP contribution in [0.3, 0.4) is 0 Å². The number of nitrogens with zero attached hydrogens (tertiary/aromatic N) is 2. The molecule has 0 amide bonds. The highest BCUT2D eigenvalue weighted by Crippen LogP contribution is 2.27. The van der Waals surface area contributed by atoms with Crippen LogP contribution in [0.15, 0.2) is 0 Å². The molecular formula is C10H18F3N3S. The maximum Gasteiger partial charge on any atom is 0.399 e. The average Bonchev–Trinajstić information content (AvgIpc) is 2.24. The van der Waals surface area contributed by atoms with E-state index < -0.39 is 17.1 Å². The van der Waals surface area contributed by atoms with Crippen LogP contribution >= 0.6 is 12.2 Å². The fraction of sp³-hybridized carbons (Fsp3) is 0.900. The van der Waals surface area contributed by atoms with Crippen LogP contribution in [0.2, 0.25) is 0 Å². The first-order valence-corrected chi connectivity index (χ1v) is 6.06. The van der Waals surface area contributed by atoms with Gasteiger partial charge < -0.3 is 10.6 Å². The van der Waals surface area contributed by atoms with E-state index in [1.54, 1.807) is 4.90 Å². The van der Waals surface area contributed by atoms with Gasteiger partial charge in [0.25, 0.3) is 0 Å². The Morgan fingerprint density at radius 3 is 2.06 bits per heavy atom. The van der Waals surface area contributed by atoms with E-state index in [2.05, 4.69) is 17.1 Å². The first kappa shape index (κ1) is 14.7. The molecule has 2 N–H and O–H groups in total. The molecule has 1 unspecified atom stereocenters. The minimum Gasteiger partial charge on any atom is -0.393 e. The number of hydrogen-bond acceptors (Lipinski definition) is 3. The minimum atomic E-state index is -4.34. The monoisotopic (exact) mass is 269 g/mol. The van der Waals surface area contributed by atoms with E-state index in [1.807, 2.05) is 6.92 Å². The lowest BCUT2D eigenvalue weighted by Gasteiger charge is -2.36. The number of nitrogens with two attached hydrogens (primary N) is 1. The summed E-state index contributed by atoms with van der Waals surface area (Å²) in [6.45, 7) is 5.76. The van der Waals surface area contributed by atoms with Crippen LogP contribution in [0.4, 0.5) is 13.2 Å². The number of halogens is 3. The van der Waals surface area contributed by atoms with Gasteiger partial charge in [-0.3, -0.25) is 4.90 Å². The van der Waals surface area contributed by atoms with Gasteiger partial charge in [0.15, 0.2) is 0 Å². The molecule has 1 fully saturated rings. The molecule has 1 aliphatic rings. The lowest BCUT2D eigenvalue weighted by atomic mass is 10.1. The van der Waals surface area contributed by atoms with Crippen molar-refractivity contribution in [1.82, 2.24) is 9.80 Å². The third-order valence-corrected chi connectivity index (χ3v) is 3.38. The van der Waals surface area contributed by atoms with E-state index in [9.17, 15) is 13.2 Å². The van der Waals surface area contributed by atoms with Gasteiger partial charge in [0.2, 0.25) is 0 Å². The smallest absolute Gasteiger partial charge is 0.393 e. The summed E-state index contributed by atoms with van der Waals surface area (Å²) in [5.41, 5.74) is 5.17.